The molecule has 0 spiro atoms. The van der Waals surface area contributed by atoms with Crippen LogP contribution in [0.5, 0.6) is 0 Å². The van der Waals surface area contributed by atoms with Gasteiger partial charge in [0.15, 0.2) is 0 Å². The number of imidazole rings is 1. The molecule has 0 saturated carbocycles. The van der Waals surface area contributed by atoms with E-state index in [9.17, 15) is 0 Å². The summed E-state index contributed by atoms with van der Waals surface area (Å²) in [5.41, 5.74) is 3.91. The van der Waals surface area contributed by atoms with Crippen LogP contribution in [0.2, 0.25) is 0 Å². The Balaban J connectivity index is 1.67. The number of rotatable bonds is 5. The lowest BCUT2D eigenvalue weighted by molar-refractivity contribution is 0.297. The van der Waals surface area contributed by atoms with Crippen LogP contribution < -0.4 is 5.32 Å². The second-order valence-corrected chi connectivity index (χ2v) is 5.21. The van der Waals surface area contributed by atoms with Crippen molar-refractivity contribution in [1.82, 2.24) is 25.2 Å². The molecular formula is C15H19N5O. The molecular weight excluding hydrogens is 266 g/mol. The fourth-order valence-corrected chi connectivity index (χ4v) is 2.60. The van der Waals surface area contributed by atoms with Gasteiger partial charge in [0, 0.05) is 13.1 Å². The van der Waals surface area contributed by atoms with Gasteiger partial charge in [-0.15, -0.1) is 0 Å². The summed E-state index contributed by atoms with van der Waals surface area (Å²) in [6.07, 6.45) is 0. The average Bonchev–Trinajstić information content (AvgIpc) is 3.03. The molecule has 0 fully saturated rings. The Morgan fingerprint density at radius 3 is 2.81 bits per heavy atom. The van der Waals surface area contributed by atoms with Crippen molar-refractivity contribution in [2.75, 3.05) is 6.54 Å². The van der Waals surface area contributed by atoms with Crippen LogP contribution in [-0.2, 0) is 6.54 Å². The summed E-state index contributed by atoms with van der Waals surface area (Å²) in [5, 5.41) is 11.2. The molecule has 1 aromatic carbocycles. The highest BCUT2D eigenvalue weighted by atomic mass is 16.6. The van der Waals surface area contributed by atoms with Gasteiger partial charge in [0.2, 0.25) is 0 Å². The molecule has 0 radical (unpaired) electrons. The molecule has 0 aliphatic rings. The van der Waals surface area contributed by atoms with Crippen LogP contribution in [-0.4, -0.2) is 26.4 Å². The van der Waals surface area contributed by atoms with Crippen LogP contribution in [0.1, 0.15) is 30.2 Å². The van der Waals surface area contributed by atoms with Crippen LogP contribution in [0.4, 0.5) is 0 Å². The third-order valence-electron chi connectivity index (χ3n) is 3.73. The number of nitrogens with zero attached hydrogens (tertiary/aromatic N) is 4. The summed E-state index contributed by atoms with van der Waals surface area (Å²) in [7, 11) is 0. The number of aryl methyl sites for hydroxylation is 2. The molecule has 1 atom stereocenters. The molecule has 0 aliphatic carbocycles. The molecule has 0 bridgehead atoms. The Bertz CT molecular complexity index is 745. The van der Waals surface area contributed by atoms with E-state index < -0.39 is 0 Å². The quantitative estimate of drug-likeness (QED) is 0.779. The SMILES string of the molecule is Cc1nonc1C(C)NCCn1c(C)nc2ccccc21. The minimum Gasteiger partial charge on any atom is -0.327 e. The van der Waals surface area contributed by atoms with E-state index in [2.05, 4.69) is 38.2 Å². The predicted octanol–water partition coefficient (Wildman–Crippen LogP) is 2.39. The van der Waals surface area contributed by atoms with Gasteiger partial charge in [0.25, 0.3) is 0 Å². The predicted molar refractivity (Wildman–Crippen MR) is 79.9 cm³/mol. The number of para-hydroxylation sites is 2. The smallest absolute Gasteiger partial charge is 0.124 e. The molecule has 2 aromatic heterocycles. The molecule has 0 amide bonds. The molecule has 2 heterocycles. The first-order chi connectivity index (χ1) is 10.2. The second kappa shape index (κ2) is 5.65. The molecule has 3 aromatic rings. The standard InChI is InChI=1S/C15H19N5O/c1-10(15-11(2)18-21-19-15)16-8-9-20-12(3)17-13-6-4-5-7-14(13)20/h4-7,10,16H,8-9H2,1-3H3. The molecule has 21 heavy (non-hydrogen) atoms. The lowest BCUT2D eigenvalue weighted by Gasteiger charge is -2.12. The summed E-state index contributed by atoms with van der Waals surface area (Å²) in [5.74, 6) is 1.03. The van der Waals surface area contributed by atoms with Gasteiger partial charge in [-0.2, -0.15) is 0 Å². The number of nitrogens with one attached hydrogen (secondary N) is 1. The van der Waals surface area contributed by atoms with Gasteiger partial charge in [0.05, 0.1) is 17.1 Å². The van der Waals surface area contributed by atoms with E-state index in [0.29, 0.717) is 0 Å². The maximum Gasteiger partial charge on any atom is 0.124 e. The molecule has 1 unspecified atom stereocenters. The molecule has 6 nitrogen and oxygen atoms in total. The molecule has 1 N–H and O–H groups in total. The van der Waals surface area contributed by atoms with Crippen molar-refractivity contribution in [2.24, 2.45) is 0 Å². The maximum absolute atomic E-state index is 4.74. The molecule has 110 valence electrons. The highest BCUT2D eigenvalue weighted by Gasteiger charge is 2.13. The zero-order valence-electron chi connectivity index (χ0n) is 12.5. The minimum absolute atomic E-state index is 0.117. The molecule has 3 rings (SSSR count). The number of hydrogen-bond acceptors (Lipinski definition) is 5. The summed E-state index contributed by atoms with van der Waals surface area (Å²) in [6.45, 7) is 7.69. The molecule has 6 heteroatoms. The fraction of sp³-hybridized carbons (Fsp3) is 0.400. The third kappa shape index (κ3) is 2.67. The van der Waals surface area contributed by atoms with Crippen LogP contribution in [0, 0.1) is 13.8 Å². The first-order valence-electron chi connectivity index (χ1n) is 7.11. The van der Waals surface area contributed by atoms with Gasteiger partial charge in [0.1, 0.15) is 17.2 Å². The van der Waals surface area contributed by atoms with E-state index in [4.69, 9.17) is 4.63 Å². The van der Waals surface area contributed by atoms with Gasteiger partial charge in [-0.05, 0) is 32.9 Å². The zero-order valence-corrected chi connectivity index (χ0v) is 12.5. The van der Waals surface area contributed by atoms with Gasteiger partial charge in [-0.1, -0.05) is 22.4 Å². The maximum atomic E-state index is 4.74. The van der Waals surface area contributed by atoms with Crippen molar-refractivity contribution in [3.8, 4) is 0 Å². The number of hydrogen-bond donors (Lipinski definition) is 1. The lowest BCUT2D eigenvalue weighted by atomic mass is 10.2. The molecule has 0 saturated heterocycles. The van der Waals surface area contributed by atoms with Crippen LogP contribution in [0.15, 0.2) is 28.9 Å². The lowest BCUT2D eigenvalue weighted by Crippen LogP contribution is -2.24. The molecule has 0 aliphatic heterocycles. The Kier molecular flexibility index (Phi) is 3.70. The zero-order chi connectivity index (χ0) is 14.8. The Labute approximate surface area is 123 Å². The van der Waals surface area contributed by atoms with Gasteiger partial charge >= 0.3 is 0 Å². The van der Waals surface area contributed by atoms with Crippen molar-refractivity contribution in [3.05, 3.63) is 41.5 Å². The Hall–Kier alpha value is -2.21. The van der Waals surface area contributed by atoms with Gasteiger partial charge < -0.3 is 9.88 Å². The largest absolute Gasteiger partial charge is 0.327 e. The Morgan fingerprint density at radius 2 is 2.05 bits per heavy atom. The first-order valence-corrected chi connectivity index (χ1v) is 7.11. The topological polar surface area (TPSA) is 68.8 Å². The fourth-order valence-electron chi connectivity index (χ4n) is 2.60. The summed E-state index contributed by atoms with van der Waals surface area (Å²) in [6, 6.07) is 8.32. The Morgan fingerprint density at radius 1 is 1.24 bits per heavy atom. The third-order valence-corrected chi connectivity index (χ3v) is 3.73. The summed E-state index contributed by atoms with van der Waals surface area (Å²) < 4.78 is 6.97. The number of aromatic nitrogens is 4. The van der Waals surface area contributed by atoms with E-state index >= 15 is 0 Å². The van der Waals surface area contributed by atoms with E-state index in [1.165, 1.54) is 5.52 Å². The van der Waals surface area contributed by atoms with Crippen molar-refractivity contribution >= 4 is 11.0 Å². The van der Waals surface area contributed by atoms with Gasteiger partial charge in [-0.3, -0.25) is 0 Å². The summed E-state index contributed by atoms with van der Waals surface area (Å²) >= 11 is 0. The van der Waals surface area contributed by atoms with E-state index in [0.717, 1.165) is 35.8 Å². The van der Waals surface area contributed by atoms with Crippen molar-refractivity contribution in [3.63, 3.8) is 0 Å². The first kappa shape index (κ1) is 13.8. The highest BCUT2D eigenvalue weighted by Crippen LogP contribution is 2.16. The average molecular weight is 285 g/mol. The van der Waals surface area contributed by atoms with Crippen molar-refractivity contribution in [2.45, 2.75) is 33.4 Å². The van der Waals surface area contributed by atoms with E-state index in [1.807, 2.05) is 32.0 Å². The summed E-state index contributed by atoms with van der Waals surface area (Å²) in [4.78, 5) is 4.57. The van der Waals surface area contributed by atoms with Crippen molar-refractivity contribution in [1.29, 1.82) is 0 Å². The van der Waals surface area contributed by atoms with Crippen molar-refractivity contribution < 1.29 is 4.63 Å². The monoisotopic (exact) mass is 285 g/mol. The van der Waals surface area contributed by atoms with Gasteiger partial charge in [-0.25, -0.2) is 9.61 Å². The number of benzene rings is 1. The van der Waals surface area contributed by atoms with E-state index in [1.54, 1.807) is 0 Å². The number of fused-ring (bicyclic) bond motifs is 1. The van der Waals surface area contributed by atoms with Crippen LogP contribution >= 0.6 is 0 Å². The normalized spacial score (nSPS) is 12.9. The van der Waals surface area contributed by atoms with E-state index in [-0.39, 0.29) is 6.04 Å². The van der Waals surface area contributed by atoms with Crippen LogP contribution in [0.3, 0.4) is 0 Å². The minimum atomic E-state index is 0.117. The van der Waals surface area contributed by atoms with Crippen LogP contribution in [0.25, 0.3) is 11.0 Å². The highest BCUT2D eigenvalue weighted by molar-refractivity contribution is 5.75. The second-order valence-electron chi connectivity index (χ2n) is 5.21.